The first-order chi connectivity index (χ1) is 10.5. The Bertz CT molecular complexity index is 743. The zero-order chi connectivity index (χ0) is 15.7. The first kappa shape index (κ1) is 14.7. The molecular weight excluding hydrogens is 352 g/mol. The summed E-state index contributed by atoms with van der Waals surface area (Å²) in [5, 5.41) is 14.5. The van der Waals surface area contributed by atoms with E-state index in [1.54, 1.807) is 4.90 Å². The van der Waals surface area contributed by atoms with Gasteiger partial charge >= 0.3 is 5.69 Å². The number of nitrogens with zero attached hydrogens (tertiary/aromatic N) is 4. The number of halogens is 1. The quantitative estimate of drug-likeness (QED) is 0.616. The number of carbonyl (C=O) groups is 1. The number of hydrogen-bond donors (Lipinski definition) is 0. The van der Waals surface area contributed by atoms with Gasteiger partial charge in [0.1, 0.15) is 12.4 Å². The van der Waals surface area contributed by atoms with Crippen LogP contribution in [0.25, 0.3) is 0 Å². The zero-order valence-electron chi connectivity index (χ0n) is 11.6. The molecule has 1 aliphatic rings. The Morgan fingerprint density at radius 2 is 2.27 bits per heavy atom. The van der Waals surface area contributed by atoms with Gasteiger partial charge in [-0.2, -0.15) is 5.10 Å². The van der Waals surface area contributed by atoms with E-state index in [4.69, 9.17) is 0 Å². The van der Waals surface area contributed by atoms with Gasteiger partial charge in [-0.3, -0.25) is 19.6 Å². The second-order valence-corrected chi connectivity index (χ2v) is 5.95. The topological polar surface area (TPSA) is 81.3 Å². The van der Waals surface area contributed by atoms with E-state index in [0.717, 1.165) is 22.1 Å². The van der Waals surface area contributed by atoms with E-state index in [2.05, 4.69) is 21.0 Å². The molecule has 0 N–H and O–H groups in total. The Hall–Kier alpha value is -2.22. The van der Waals surface area contributed by atoms with Gasteiger partial charge in [0.15, 0.2) is 0 Å². The van der Waals surface area contributed by atoms with Gasteiger partial charge in [-0.05, 0) is 30.2 Å². The smallest absolute Gasteiger partial charge is 0.306 e. The fourth-order valence-electron chi connectivity index (χ4n) is 2.54. The molecule has 1 aliphatic heterocycles. The SMILES string of the molecule is O=C(CCn1cc([N+](=O)[O-])cn1)N1CCc2cc(Br)ccc21. The molecule has 1 amide bonds. The molecule has 2 heterocycles. The number of anilines is 1. The molecule has 0 saturated heterocycles. The van der Waals surface area contributed by atoms with Crippen molar-refractivity contribution in [3.8, 4) is 0 Å². The highest BCUT2D eigenvalue weighted by molar-refractivity contribution is 9.10. The van der Waals surface area contributed by atoms with Gasteiger partial charge in [0.2, 0.25) is 5.91 Å². The highest BCUT2D eigenvalue weighted by atomic mass is 79.9. The molecule has 114 valence electrons. The van der Waals surface area contributed by atoms with Crippen molar-refractivity contribution in [1.82, 2.24) is 9.78 Å². The normalized spacial score (nSPS) is 13.2. The van der Waals surface area contributed by atoms with E-state index in [1.165, 1.54) is 17.1 Å². The third-order valence-corrected chi connectivity index (χ3v) is 4.12. The van der Waals surface area contributed by atoms with Crippen LogP contribution in [0.4, 0.5) is 11.4 Å². The van der Waals surface area contributed by atoms with E-state index in [-0.39, 0.29) is 18.0 Å². The van der Waals surface area contributed by atoms with Crippen LogP contribution in [0.5, 0.6) is 0 Å². The molecule has 0 fully saturated rings. The van der Waals surface area contributed by atoms with Crippen LogP contribution >= 0.6 is 15.9 Å². The summed E-state index contributed by atoms with van der Waals surface area (Å²) in [7, 11) is 0. The molecule has 3 rings (SSSR count). The van der Waals surface area contributed by atoms with Crippen LogP contribution in [0.1, 0.15) is 12.0 Å². The van der Waals surface area contributed by atoms with Crippen molar-refractivity contribution in [2.75, 3.05) is 11.4 Å². The van der Waals surface area contributed by atoms with E-state index >= 15 is 0 Å². The van der Waals surface area contributed by atoms with Crippen molar-refractivity contribution in [1.29, 1.82) is 0 Å². The average molecular weight is 365 g/mol. The molecule has 22 heavy (non-hydrogen) atoms. The fraction of sp³-hybridized carbons (Fsp3) is 0.286. The molecule has 0 unspecified atom stereocenters. The lowest BCUT2D eigenvalue weighted by Crippen LogP contribution is -2.29. The Morgan fingerprint density at radius 3 is 3.00 bits per heavy atom. The van der Waals surface area contributed by atoms with Crippen LogP contribution in [0.3, 0.4) is 0 Å². The van der Waals surface area contributed by atoms with E-state index in [9.17, 15) is 14.9 Å². The Balaban J connectivity index is 1.65. The van der Waals surface area contributed by atoms with Gasteiger partial charge in [-0.1, -0.05) is 15.9 Å². The molecule has 7 nitrogen and oxygen atoms in total. The van der Waals surface area contributed by atoms with Crippen molar-refractivity contribution >= 4 is 33.2 Å². The van der Waals surface area contributed by atoms with Crippen LogP contribution < -0.4 is 4.90 Å². The van der Waals surface area contributed by atoms with Crippen molar-refractivity contribution in [3.05, 3.63) is 50.7 Å². The molecule has 1 aromatic carbocycles. The van der Waals surface area contributed by atoms with Crippen molar-refractivity contribution < 1.29 is 9.72 Å². The number of nitro groups is 1. The highest BCUT2D eigenvalue weighted by Crippen LogP contribution is 2.30. The van der Waals surface area contributed by atoms with Crippen molar-refractivity contribution in [2.45, 2.75) is 19.4 Å². The van der Waals surface area contributed by atoms with Gasteiger partial charge in [-0.15, -0.1) is 0 Å². The lowest BCUT2D eigenvalue weighted by Gasteiger charge is -2.17. The number of amides is 1. The Kier molecular flexibility index (Phi) is 3.93. The molecule has 0 radical (unpaired) electrons. The largest absolute Gasteiger partial charge is 0.312 e. The molecule has 8 heteroatoms. The molecule has 0 saturated carbocycles. The summed E-state index contributed by atoms with van der Waals surface area (Å²) in [5.74, 6) is -0.000717. The minimum absolute atomic E-state index is 0.000717. The number of benzene rings is 1. The average Bonchev–Trinajstić information content (AvgIpc) is 3.11. The van der Waals surface area contributed by atoms with Crippen molar-refractivity contribution in [2.24, 2.45) is 0 Å². The number of hydrogen-bond acceptors (Lipinski definition) is 4. The third-order valence-electron chi connectivity index (χ3n) is 3.62. The third kappa shape index (κ3) is 2.87. The minimum atomic E-state index is -0.500. The van der Waals surface area contributed by atoms with Gasteiger partial charge in [0.25, 0.3) is 0 Å². The van der Waals surface area contributed by atoms with Crippen LogP contribution in [-0.2, 0) is 17.8 Å². The van der Waals surface area contributed by atoms with E-state index in [1.807, 2.05) is 18.2 Å². The van der Waals surface area contributed by atoms with Gasteiger partial charge in [-0.25, -0.2) is 0 Å². The number of carbonyl (C=O) groups excluding carboxylic acids is 1. The summed E-state index contributed by atoms with van der Waals surface area (Å²) in [6.45, 7) is 0.999. The van der Waals surface area contributed by atoms with Crippen LogP contribution in [0.15, 0.2) is 35.1 Å². The second kappa shape index (κ2) is 5.88. The lowest BCUT2D eigenvalue weighted by molar-refractivity contribution is -0.385. The maximum Gasteiger partial charge on any atom is 0.306 e. The summed E-state index contributed by atoms with van der Waals surface area (Å²) < 4.78 is 2.43. The van der Waals surface area contributed by atoms with E-state index < -0.39 is 4.92 Å². The number of aromatic nitrogens is 2. The molecule has 0 aliphatic carbocycles. The summed E-state index contributed by atoms with van der Waals surface area (Å²) in [6, 6.07) is 5.88. The molecular formula is C14H13BrN4O3. The number of fused-ring (bicyclic) bond motifs is 1. The fourth-order valence-corrected chi connectivity index (χ4v) is 2.95. The van der Waals surface area contributed by atoms with Crippen LogP contribution in [0.2, 0.25) is 0 Å². The predicted octanol–water partition coefficient (Wildman–Crippen LogP) is 2.53. The summed E-state index contributed by atoms with van der Waals surface area (Å²) in [5.41, 5.74) is 2.03. The second-order valence-electron chi connectivity index (χ2n) is 5.04. The van der Waals surface area contributed by atoms with Gasteiger partial charge in [0, 0.05) is 29.7 Å². The summed E-state index contributed by atoms with van der Waals surface area (Å²) in [4.78, 5) is 24.2. The molecule has 0 atom stereocenters. The van der Waals surface area contributed by atoms with Gasteiger partial charge in [0.05, 0.1) is 4.92 Å². The van der Waals surface area contributed by atoms with Gasteiger partial charge < -0.3 is 4.90 Å². The molecule has 1 aromatic heterocycles. The number of aryl methyl sites for hydroxylation is 1. The Labute approximate surface area is 134 Å². The first-order valence-electron chi connectivity index (χ1n) is 6.80. The molecule has 0 bridgehead atoms. The maximum absolute atomic E-state index is 12.3. The Morgan fingerprint density at radius 1 is 1.45 bits per heavy atom. The number of rotatable bonds is 4. The summed E-state index contributed by atoms with van der Waals surface area (Å²) in [6.07, 6.45) is 3.62. The molecule has 0 spiro atoms. The van der Waals surface area contributed by atoms with Crippen molar-refractivity contribution in [3.63, 3.8) is 0 Å². The summed E-state index contributed by atoms with van der Waals surface area (Å²) >= 11 is 3.43. The van der Waals surface area contributed by atoms with Crippen LogP contribution in [0, 0.1) is 10.1 Å². The monoisotopic (exact) mass is 364 g/mol. The highest BCUT2D eigenvalue weighted by Gasteiger charge is 2.24. The minimum Gasteiger partial charge on any atom is -0.312 e. The predicted molar refractivity (Wildman–Crippen MR) is 83.7 cm³/mol. The first-order valence-corrected chi connectivity index (χ1v) is 7.59. The lowest BCUT2D eigenvalue weighted by atomic mass is 10.2. The van der Waals surface area contributed by atoms with Crippen LogP contribution in [-0.4, -0.2) is 27.2 Å². The standard InChI is InChI=1S/C14H13BrN4O3/c15-11-1-2-13-10(7-11)3-6-18(13)14(20)4-5-17-9-12(8-16-17)19(21)22/h1-2,7-9H,3-6H2. The maximum atomic E-state index is 12.3. The molecule has 2 aromatic rings. The van der Waals surface area contributed by atoms with E-state index in [0.29, 0.717) is 13.1 Å². The zero-order valence-corrected chi connectivity index (χ0v) is 13.2.